The van der Waals surface area contributed by atoms with Gasteiger partial charge in [0.05, 0.1) is 48.6 Å². The van der Waals surface area contributed by atoms with Crippen LogP contribution in [0.4, 0.5) is 22.7 Å². The van der Waals surface area contributed by atoms with Gasteiger partial charge in [0.15, 0.2) is 23.0 Å². The first kappa shape index (κ1) is 42.5. The highest BCUT2D eigenvalue weighted by Gasteiger charge is 2.26. The van der Waals surface area contributed by atoms with Crippen LogP contribution in [0, 0.1) is 21.4 Å². The standard InChI is InChI=1S/C40H36N6O12/c1-5-21-57-32-27(38(49)44-30-18-16-28(40(51)52)33(35(30)56-4)58-22-6-2)15-17-29(34(32)55-3)43-36(47)23-7-11-25(12-8-23)42-39(50)31(19-20-41)45-37(48)24-9-13-26(14-10-24)46(53)54/h5-18,31H,1-2,19,21-22H2,3-4H3,(H,42,50)(H,43,47)(H,44,49)(H,45,48)(H,51,52). The van der Waals surface area contributed by atoms with Crippen LogP contribution in [-0.2, 0) is 4.79 Å². The van der Waals surface area contributed by atoms with Crippen LogP contribution in [-0.4, -0.2) is 73.1 Å². The first-order chi connectivity index (χ1) is 27.9. The number of carboxylic acids is 1. The number of hydrogen-bond acceptors (Lipinski definition) is 12. The number of amides is 4. The minimum Gasteiger partial charge on any atom is -0.491 e. The SMILES string of the molecule is C=CCOc1c(C(=O)O)ccc(NC(=O)c2ccc(NC(=O)c3ccc(NC(=O)C(CC#N)NC(=O)c4ccc([N+](=O)[O-])cc4)cc3)c(OC)c2OCC=C)c1OC. The molecule has 0 spiro atoms. The predicted octanol–water partition coefficient (Wildman–Crippen LogP) is 5.60. The van der Waals surface area contributed by atoms with Crippen LogP contribution < -0.4 is 40.2 Å². The number of non-ortho nitro benzene ring substituents is 1. The highest BCUT2D eigenvalue weighted by molar-refractivity contribution is 6.10. The molecule has 4 rings (SSSR count). The number of aromatic carboxylic acids is 1. The van der Waals surface area contributed by atoms with Crippen LogP contribution in [0.5, 0.6) is 23.0 Å². The number of methoxy groups -OCH3 is 2. The Kier molecular flexibility index (Phi) is 14.6. The Bertz CT molecular complexity index is 2290. The highest BCUT2D eigenvalue weighted by Crippen LogP contribution is 2.42. The molecule has 4 amide bonds. The molecule has 0 heterocycles. The number of carbonyl (C=O) groups excluding carboxylic acids is 4. The molecular formula is C40H36N6O12. The first-order valence-electron chi connectivity index (χ1n) is 17.0. The van der Waals surface area contributed by atoms with Gasteiger partial charge in [0, 0.05) is 28.9 Å². The molecule has 0 radical (unpaired) electrons. The summed E-state index contributed by atoms with van der Waals surface area (Å²) in [6.45, 7) is 7.10. The minimum absolute atomic E-state index is 0.0192. The largest absolute Gasteiger partial charge is 0.491 e. The second-order valence-electron chi connectivity index (χ2n) is 11.7. The molecule has 18 nitrogen and oxygen atoms in total. The molecule has 0 aromatic heterocycles. The molecule has 0 saturated heterocycles. The molecule has 0 aliphatic heterocycles. The number of nitro benzene ring substituents is 1. The van der Waals surface area contributed by atoms with Crippen LogP contribution in [0.15, 0.2) is 98.1 Å². The highest BCUT2D eigenvalue weighted by atomic mass is 16.6. The van der Waals surface area contributed by atoms with E-state index in [4.69, 9.17) is 18.9 Å². The lowest BCUT2D eigenvalue weighted by Gasteiger charge is -2.19. The summed E-state index contributed by atoms with van der Waals surface area (Å²) >= 11 is 0. The maximum atomic E-state index is 13.7. The van der Waals surface area contributed by atoms with E-state index in [0.29, 0.717) is 0 Å². The van der Waals surface area contributed by atoms with E-state index in [-0.39, 0.29) is 87.6 Å². The van der Waals surface area contributed by atoms with Gasteiger partial charge in [-0.1, -0.05) is 25.3 Å². The Hall–Kier alpha value is -8.20. The lowest BCUT2D eigenvalue weighted by Crippen LogP contribution is -2.43. The van der Waals surface area contributed by atoms with Crippen molar-refractivity contribution in [2.45, 2.75) is 12.5 Å². The summed E-state index contributed by atoms with van der Waals surface area (Å²) in [7, 11) is 2.58. The molecule has 0 fully saturated rings. The second-order valence-corrected chi connectivity index (χ2v) is 11.7. The number of hydrogen-bond donors (Lipinski definition) is 5. The molecule has 4 aromatic rings. The van der Waals surface area contributed by atoms with E-state index >= 15 is 0 Å². The number of ether oxygens (including phenoxy) is 4. The molecule has 0 bridgehead atoms. The average Bonchev–Trinajstić information content (AvgIpc) is 3.21. The van der Waals surface area contributed by atoms with Gasteiger partial charge >= 0.3 is 5.97 Å². The second kappa shape index (κ2) is 19.9. The van der Waals surface area contributed by atoms with Crippen LogP contribution in [0.3, 0.4) is 0 Å². The van der Waals surface area contributed by atoms with Gasteiger partial charge in [0.2, 0.25) is 5.91 Å². The summed E-state index contributed by atoms with van der Waals surface area (Å²) in [5, 5.41) is 40.2. The molecule has 4 aromatic carbocycles. The number of rotatable bonds is 19. The van der Waals surface area contributed by atoms with Gasteiger partial charge in [0.25, 0.3) is 23.4 Å². The molecule has 58 heavy (non-hydrogen) atoms. The summed E-state index contributed by atoms with van der Waals surface area (Å²) in [6.07, 6.45) is 2.46. The number of benzene rings is 4. The van der Waals surface area contributed by atoms with Crippen LogP contribution in [0.1, 0.15) is 47.9 Å². The minimum atomic E-state index is -1.28. The van der Waals surface area contributed by atoms with Crippen LogP contribution in [0.2, 0.25) is 0 Å². The van der Waals surface area contributed by atoms with Gasteiger partial charge < -0.3 is 45.3 Å². The molecule has 298 valence electrons. The predicted molar refractivity (Wildman–Crippen MR) is 210 cm³/mol. The van der Waals surface area contributed by atoms with Gasteiger partial charge in [-0.2, -0.15) is 5.26 Å². The normalized spacial score (nSPS) is 10.7. The summed E-state index contributed by atoms with van der Waals surface area (Å²) in [6, 6.07) is 16.3. The number of carboxylic acid groups (broad SMARTS) is 1. The Labute approximate surface area is 330 Å². The van der Waals surface area contributed by atoms with Crippen molar-refractivity contribution in [1.82, 2.24) is 5.32 Å². The third-order valence-electron chi connectivity index (χ3n) is 7.97. The van der Waals surface area contributed by atoms with Crippen molar-refractivity contribution >= 4 is 52.3 Å². The van der Waals surface area contributed by atoms with Gasteiger partial charge in [-0.15, -0.1) is 0 Å². The summed E-state index contributed by atoms with van der Waals surface area (Å²) < 4.78 is 22.4. The van der Waals surface area contributed by atoms with Crippen molar-refractivity contribution in [2.75, 3.05) is 43.4 Å². The lowest BCUT2D eigenvalue weighted by molar-refractivity contribution is -0.384. The average molecular weight is 793 g/mol. The molecule has 18 heteroatoms. The maximum Gasteiger partial charge on any atom is 0.339 e. The molecular weight excluding hydrogens is 756 g/mol. The Balaban J connectivity index is 1.52. The van der Waals surface area contributed by atoms with Crippen LogP contribution in [0.25, 0.3) is 0 Å². The van der Waals surface area contributed by atoms with Crippen LogP contribution >= 0.6 is 0 Å². The maximum absolute atomic E-state index is 13.7. The number of carbonyl (C=O) groups is 5. The number of nitrogens with one attached hydrogen (secondary N) is 4. The smallest absolute Gasteiger partial charge is 0.339 e. The monoisotopic (exact) mass is 792 g/mol. The van der Waals surface area contributed by atoms with Crippen molar-refractivity contribution in [1.29, 1.82) is 5.26 Å². The Morgan fingerprint density at radius 1 is 0.741 bits per heavy atom. The zero-order valence-electron chi connectivity index (χ0n) is 31.0. The van der Waals surface area contributed by atoms with E-state index in [9.17, 15) is 44.5 Å². The van der Waals surface area contributed by atoms with Crippen molar-refractivity contribution in [3.8, 4) is 29.1 Å². The molecule has 1 unspecified atom stereocenters. The number of anilines is 3. The van der Waals surface area contributed by atoms with Crippen molar-refractivity contribution in [3.63, 3.8) is 0 Å². The van der Waals surface area contributed by atoms with Gasteiger partial charge in [0.1, 0.15) is 24.8 Å². The summed E-state index contributed by atoms with van der Waals surface area (Å²) in [5.74, 6) is -4.34. The van der Waals surface area contributed by atoms with Gasteiger partial charge in [-0.25, -0.2) is 4.79 Å². The van der Waals surface area contributed by atoms with Gasteiger partial charge in [-0.05, 0) is 60.7 Å². The Morgan fingerprint density at radius 3 is 1.74 bits per heavy atom. The zero-order valence-corrected chi connectivity index (χ0v) is 31.0. The molecule has 0 aliphatic carbocycles. The molecule has 0 saturated carbocycles. The zero-order chi connectivity index (χ0) is 42.4. The third kappa shape index (κ3) is 10.3. The molecule has 1 atom stereocenters. The van der Waals surface area contributed by atoms with Crippen molar-refractivity contribution in [3.05, 3.63) is 130 Å². The van der Waals surface area contributed by atoms with E-state index < -0.39 is 40.6 Å². The van der Waals surface area contributed by atoms with Crippen molar-refractivity contribution < 1.29 is 52.9 Å². The number of nitro groups is 1. The fourth-order valence-electron chi connectivity index (χ4n) is 5.24. The summed E-state index contributed by atoms with van der Waals surface area (Å²) in [5.41, 5.74) is 0.144. The first-order valence-corrected chi connectivity index (χ1v) is 17.0. The van der Waals surface area contributed by atoms with E-state index in [2.05, 4.69) is 34.4 Å². The lowest BCUT2D eigenvalue weighted by atomic mass is 10.1. The number of nitrogens with zero attached hydrogens (tertiary/aromatic N) is 2. The number of nitriles is 1. The fraction of sp³-hybridized carbons (Fsp3) is 0.150. The quantitative estimate of drug-likeness (QED) is 0.0441. The van der Waals surface area contributed by atoms with Gasteiger partial charge in [-0.3, -0.25) is 29.3 Å². The van der Waals surface area contributed by atoms with Crippen molar-refractivity contribution in [2.24, 2.45) is 0 Å². The third-order valence-corrected chi connectivity index (χ3v) is 7.97. The molecule has 0 aliphatic rings. The van der Waals surface area contributed by atoms with E-state index in [0.717, 1.165) is 12.1 Å². The van der Waals surface area contributed by atoms with E-state index in [1.807, 2.05) is 6.07 Å². The molecule has 5 N–H and O–H groups in total. The topological polar surface area (TPSA) is 258 Å². The Morgan fingerprint density at radius 2 is 1.24 bits per heavy atom. The van der Waals surface area contributed by atoms with E-state index in [1.54, 1.807) is 0 Å². The fourth-order valence-corrected chi connectivity index (χ4v) is 5.24. The van der Waals surface area contributed by atoms with E-state index in [1.165, 1.54) is 87.0 Å². The summed E-state index contributed by atoms with van der Waals surface area (Å²) in [4.78, 5) is 74.9.